The third-order valence-corrected chi connectivity index (χ3v) is 6.96. The summed E-state index contributed by atoms with van der Waals surface area (Å²) in [6, 6.07) is 6.56. The molecule has 2 aromatic rings. The number of amides is 2. The van der Waals surface area contributed by atoms with Crippen molar-refractivity contribution in [1.82, 2.24) is 10.2 Å². The number of carbonyl (C=O) groups excluding carboxylic acids is 2. The number of carbonyl (C=O) groups is 2. The molecule has 1 N–H and O–H groups in total. The summed E-state index contributed by atoms with van der Waals surface area (Å²) in [5, 5.41) is 2.06. The Kier molecular flexibility index (Phi) is 10.3. The Labute approximate surface area is 218 Å². The van der Waals surface area contributed by atoms with Gasteiger partial charge in [-0.3, -0.25) is 13.9 Å². The normalized spacial score (nSPS) is 12.6. The molecule has 0 bridgehead atoms. The van der Waals surface area contributed by atoms with Crippen LogP contribution in [0.15, 0.2) is 42.5 Å². The minimum absolute atomic E-state index is 0.173. The van der Waals surface area contributed by atoms with Crippen LogP contribution >= 0.6 is 11.6 Å². The standard InChI is InChI=1S/C24H28ClF4N3O4S/c1-4-5-12-30-23(34)16(2)31(14-17-6-8-18(26)9-7-17)22(33)15-32(37(3,35)36)19-10-11-21(25)20(13-19)24(27,28)29/h6-11,13,16H,4-5,12,14-15H2,1-3H3,(H,30,34)/t16-/m0/s1. The first kappa shape index (κ1) is 30.4. The van der Waals surface area contributed by atoms with E-state index < -0.39 is 62.7 Å². The Morgan fingerprint density at radius 3 is 2.27 bits per heavy atom. The maximum absolute atomic E-state index is 13.4. The molecule has 13 heteroatoms. The second kappa shape index (κ2) is 12.6. The molecule has 0 aliphatic rings. The van der Waals surface area contributed by atoms with Crippen LogP contribution in [-0.2, 0) is 32.3 Å². The van der Waals surface area contributed by atoms with Crippen molar-refractivity contribution in [2.75, 3.05) is 23.7 Å². The lowest BCUT2D eigenvalue weighted by Gasteiger charge is -2.31. The van der Waals surface area contributed by atoms with Crippen LogP contribution in [0, 0.1) is 5.82 Å². The van der Waals surface area contributed by atoms with E-state index in [-0.39, 0.29) is 6.54 Å². The topological polar surface area (TPSA) is 86.8 Å². The molecule has 0 radical (unpaired) electrons. The second-order valence-corrected chi connectivity index (χ2v) is 10.7. The van der Waals surface area contributed by atoms with E-state index in [0.29, 0.717) is 28.9 Å². The molecule has 0 saturated heterocycles. The van der Waals surface area contributed by atoms with Gasteiger partial charge in [0.25, 0.3) is 0 Å². The van der Waals surface area contributed by atoms with Crippen LogP contribution in [0.4, 0.5) is 23.2 Å². The van der Waals surface area contributed by atoms with Gasteiger partial charge in [-0.15, -0.1) is 0 Å². The Morgan fingerprint density at radius 1 is 1.11 bits per heavy atom. The average Bonchev–Trinajstić information content (AvgIpc) is 2.80. The maximum Gasteiger partial charge on any atom is 0.417 e. The molecule has 0 aromatic heterocycles. The number of hydrogen-bond acceptors (Lipinski definition) is 4. The number of nitrogens with one attached hydrogen (secondary N) is 1. The quantitative estimate of drug-likeness (QED) is 0.319. The van der Waals surface area contributed by atoms with Crippen molar-refractivity contribution >= 4 is 39.1 Å². The number of unbranched alkanes of at least 4 members (excludes halogenated alkanes) is 1. The van der Waals surface area contributed by atoms with E-state index in [1.54, 1.807) is 0 Å². The number of rotatable bonds is 11. The lowest BCUT2D eigenvalue weighted by atomic mass is 10.1. The molecule has 2 amide bonds. The van der Waals surface area contributed by atoms with Gasteiger partial charge in [0.1, 0.15) is 18.4 Å². The number of halogens is 5. The number of nitrogens with zero attached hydrogens (tertiary/aromatic N) is 2. The molecule has 37 heavy (non-hydrogen) atoms. The van der Waals surface area contributed by atoms with Gasteiger partial charge in [-0.25, -0.2) is 12.8 Å². The third kappa shape index (κ3) is 8.60. The van der Waals surface area contributed by atoms with Crippen LogP contribution in [-0.4, -0.2) is 50.5 Å². The van der Waals surface area contributed by atoms with E-state index in [9.17, 15) is 35.6 Å². The second-order valence-electron chi connectivity index (χ2n) is 8.40. The Hall–Kier alpha value is -2.86. The summed E-state index contributed by atoms with van der Waals surface area (Å²) >= 11 is 5.65. The Bertz CT molecular complexity index is 1210. The van der Waals surface area contributed by atoms with E-state index in [4.69, 9.17) is 11.6 Å². The minimum atomic E-state index is -4.86. The van der Waals surface area contributed by atoms with Crippen LogP contribution in [0.5, 0.6) is 0 Å². The molecule has 0 fully saturated rings. The van der Waals surface area contributed by atoms with Crippen LogP contribution in [0.25, 0.3) is 0 Å². The molecule has 2 aromatic carbocycles. The minimum Gasteiger partial charge on any atom is -0.354 e. The number of hydrogen-bond donors (Lipinski definition) is 1. The first-order valence-corrected chi connectivity index (χ1v) is 13.5. The van der Waals surface area contributed by atoms with Gasteiger partial charge >= 0.3 is 6.18 Å². The molecule has 204 valence electrons. The van der Waals surface area contributed by atoms with Crippen LogP contribution in [0.2, 0.25) is 5.02 Å². The van der Waals surface area contributed by atoms with Crippen molar-refractivity contribution in [3.05, 3.63) is 64.4 Å². The summed E-state index contributed by atoms with van der Waals surface area (Å²) in [5.41, 5.74) is -1.23. The monoisotopic (exact) mass is 565 g/mol. The zero-order chi connectivity index (χ0) is 28.0. The highest BCUT2D eigenvalue weighted by atomic mass is 35.5. The SMILES string of the molecule is CCCCNC(=O)[C@H](C)N(Cc1ccc(F)cc1)C(=O)CN(c1ccc(Cl)c(C(F)(F)F)c1)S(C)(=O)=O. The molecule has 0 unspecified atom stereocenters. The molecule has 0 saturated carbocycles. The predicted molar refractivity (Wildman–Crippen MR) is 133 cm³/mol. The summed E-state index contributed by atoms with van der Waals surface area (Å²) in [5.74, 6) is -1.87. The Balaban J connectivity index is 2.43. The molecular weight excluding hydrogens is 538 g/mol. The molecule has 1 atom stereocenters. The zero-order valence-corrected chi connectivity index (χ0v) is 22.1. The predicted octanol–water partition coefficient (Wildman–Crippen LogP) is 4.60. The van der Waals surface area contributed by atoms with Crippen molar-refractivity contribution in [3.8, 4) is 0 Å². The van der Waals surface area contributed by atoms with E-state index in [1.165, 1.54) is 31.2 Å². The molecule has 2 rings (SSSR count). The average molecular weight is 566 g/mol. The number of benzene rings is 2. The maximum atomic E-state index is 13.4. The first-order valence-electron chi connectivity index (χ1n) is 11.3. The van der Waals surface area contributed by atoms with Gasteiger partial charge in [0.05, 0.1) is 22.5 Å². The van der Waals surface area contributed by atoms with E-state index in [0.717, 1.165) is 29.7 Å². The van der Waals surface area contributed by atoms with Gasteiger partial charge in [-0.1, -0.05) is 37.1 Å². The molecule has 0 aliphatic heterocycles. The van der Waals surface area contributed by atoms with Crippen LogP contribution < -0.4 is 9.62 Å². The lowest BCUT2D eigenvalue weighted by Crippen LogP contribution is -2.51. The van der Waals surface area contributed by atoms with Crippen molar-refractivity contribution in [2.45, 2.75) is 45.5 Å². The fraction of sp³-hybridized carbons (Fsp3) is 0.417. The van der Waals surface area contributed by atoms with Gasteiger partial charge in [0.15, 0.2) is 0 Å². The summed E-state index contributed by atoms with van der Waals surface area (Å²) in [6.45, 7) is 2.68. The zero-order valence-electron chi connectivity index (χ0n) is 20.5. The van der Waals surface area contributed by atoms with Crippen LogP contribution in [0.1, 0.15) is 37.8 Å². The molecule has 7 nitrogen and oxygen atoms in total. The summed E-state index contributed by atoms with van der Waals surface area (Å²) in [4.78, 5) is 27.2. The van der Waals surface area contributed by atoms with E-state index in [2.05, 4.69) is 5.32 Å². The third-order valence-electron chi connectivity index (χ3n) is 5.49. The molecule has 0 aliphatic carbocycles. The van der Waals surface area contributed by atoms with E-state index in [1.807, 2.05) is 6.92 Å². The van der Waals surface area contributed by atoms with Crippen molar-refractivity contribution in [2.24, 2.45) is 0 Å². The summed E-state index contributed by atoms with van der Waals surface area (Å²) < 4.78 is 79.1. The fourth-order valence-corrected chi connectivity index (χ4v) is 4.47. The van der Waals surface area contributed by atoms with Crippen molar-refractivity contribution in [3.63, 3.8) is 0 Å². The van der Waals surface area contributed by atoms with Gasteiger partial charge in [0, 0.05) is 13.1 Å². The van der Waals surface area contributed by atoms with Gasteiger partial charge in [-0.05, 0) is 49.2 Å². The summed E-state index contributed by atoms with van der Waals surface area (Å²) in [6.07, 6.45) is -2.60. The van der Waals surface area contributed by atoms with Crippen LogP contribution in [0.3, 0.4) is 0 Å². The van der Waals surface area contributed by atoms with Gasteiger partial charge in [-0.2, -0.15) is 13.2 Å². The number of sulfonamides is 1. The largest absolute Gasteiger partial charge is 0.417 e. The smallest absolute Gasteiger partial charge is 0.354 e. The highest BCUT2D eigenvalue weighted by Crippen LogP contribution is 2.37. The lowest BCUT2D eigenvalue weighted by molar-refractivity contribution is -0.139. The number of anilines is 1. The highest BCUT2D eigenvalue weighted by Gasteiger charge is 2.35. The van der Waals surface area contributed by atoms with Gasteiger partial charge < -0.3 is 10.2 Å². The van der Waals surface area contributed by atoms with Crippen molar-refractivity contribution in [1.29, 1.82) is 0 Å². The fourth-order valence-electron chi connectivity index (χ4n) is 3.40. The molecular formula is C24H28ClF4N3O4S. The Morgan fingerprint density at radius 2 is 1.73 bits per heavy atom. The van der Waals surface area contributed by atoms with E-state index >= 15 is 0 Å². The number of alkyl halides is 3. The molecule has 0 heterocycles. The van der Waals surface area contributed by atoms with Crippen molar-refractivity contribution < 1.29 is 35.6 Å². The first-order chi connectivity index (χ1) is 17.1. The van der Waals surface area contributed by atoms with Gasteiger partial charge in [0.2, 0.25) is 21.8 Å². The highest BCUT2D eigenvalue weighted by molar-refractivity contribution is 7.92. The molecule has 0 spiro atoms. The summed E-state index contributed by atoms with van der Waals surface area (Å²) in [7, 11) is -4.24.